The minimum atomic E-state index is -0.618. The number of thioether (sulfide) groups is 1. The van der Waals surface area contributed by atoms with Gasteiger partial charge in [0.1, 0.15) is 6.04 Å². The summed E-state index contributed by atoms with van der Waals surface area (Å²) >= 11 is 1.62. The van der Waals surface area contributed by atoms with Crippen molar-refractivity contribution in [2.45, 2.75) is 38.1 Å². The van der Waals surface area contributed by atoms with Crippen LogP contribution >= 0.6 is 11.8 Å². The molecule has 5 nitrogen and oxygen atoms in total. The molecule has 23 heavy (non-hydrogen) atoms. The Balaban J connectivity index is 2.24. The third-order valence-corrected chi connectivity index (χ3v) is 5.30. The first-order valence-corrected chi connectivity index (χ1v) is 9.14. The van der Waals surface area contributed by atoms with Crippen LogP contribution in [0.3, 0.4) is 0 Å². The second-order valence-corrected chi connectivity index (χ2v) is 7.21. The largest absolute Gasteiger partial charge is 0.330 e. The fraction of sp³-hybridized carbons (Fsp3) is 0.529. The first-order valence-electron chi connectivity index (χ1n) is 7.75. The molecule has 1 aromatic rings. The zero-order chi connectivity index (χ0) is 17.0. The normalized spacial score (nSPS) is 22.3. The highest BCUT2D eigenvalue weighted by molar-refractivity contribution is 7.98. The molecule has 1 aromatic carbocycles. The van der Waals surface area contributed by atoms with Crippen molar-refractivity contribution in [2.24, 2.45) is 0 Å². The SMILES string of the molecule is CSCC[C@H](C(=O)NO)N1CCC(C)(c2ccc(C)cc2)C1=O. The number of benzene rings is 1. The maximum atomic E-state index is 13.0. The molecule has 126 valence electrons. The molecule has 0 radical (unpaired) electrons. The molecule has 0 aliphatic carbocycles. The van der Waals surface area contributed by atoms with E-state index in [1.54, 1.807) is 22.1 Å². The van der Waals surface area contributed by atoms with E-state index in [0.29, 0.717) is 19.4 Å². The highest BCUT2D eigenvalue weighted by atomic mass is 32.2. The molecule has 0 saturated carbocycles. The van der Waals surface area contributed by atoms with Crippen LogP contribution in [0.2, 0.25) is 0 Å². The summed E-state index contributed by atoms with van der Waals surface area (Å²) in [6, 6.07) is 7.36. The predicted molar refractivity (Wildman–Crippen MR) is 91.6 cm³/mol. The van der Waals surface area contributed by atoms with Crippen molar-refractivity contribution in [3.8, 4) is 0 Å². The van der Waals surface area contributed by atoms with Crippen molar-refractivity contribution in [2.75, 3.05) is 18.6 Å². The van der Waals surface area contributed by atoms with Gasteiger partial charge in [-0.25, -0.2) is 5.48 Å². The summed E-state index contributed by atoms with van der Waals surface area (Å²) in [5, 5.41) is 8.98. The number of nitrogens with one attached hydrogen (secondary N) is 1. The van der Waals surface area contributed by atoms with E-state index in [4.69, 9.17) is 5.21 Å². The average Bonchev–Trinajstić information content (AvgIpc) is 2.85. The maximum Gasteiger partial charge on any atom is 0.266 e. The van der Waals surface area contributed by atoms with Gasteiger partial charge in [-0.1, -0.05) is 29.8 Å². The van der Waals surface area contributed by atoms with Crippen LogP contribution < -0.4 is 5.48 Å². The van der Waals surface area contributed by atoms with Crippen molar-refractivity contribution >= 4 is 23.6 Å². The molecule has 0 spiro atoms. The summed E-state index contributed by atoms with van der Waals surface area (Å²) in [7, 11) is 0. The summed E-state index contributed by atoms with van der Waals surface area (Å²) in [6.07, 6.45) is 3.16. The van der Waals surface area contributed by atoms with E-state index in [1.807, 2.05) is 44.4 Å². The van der Waals surface area contributed by atoms with Crippen LogP contribution in [-0.4, -0.2) is 46.5 Å². The number of hydroxylamine groups is 1. The fourth-order valence-corrected chi connectivity index (χ4v) is 3.55. The molecule has 1 unspecified atom stereocenters. The number of amides is 2. The van der Waals surface area contributed by atoms with Crippen LogP contribution in [0.1, 0.15) is 30.9 Å². The van der Waals surface area contributed by atoms with Crippen molar-refractivity contribution in [3.63, 3.8) is 0 Å². The van der Waals surface area contributed by atoms with Gasteiger partial charge in [0, 0.05) is 6.54 Å². The molecule has 6 heteroatoms. The van der Waals surface area contributed by atoms with Crippen molar-refractivity contribution < 1.29 is 14.8 Å². The Morgan fingerprint density at radius 3 is 2.65 bits per heavy atom. The first kappa shape index (κ1) is 17.8. The van der Waals surface area contributed by atoms with Gasteiger partial charge >= 0.3 is 0 Å². The molecule has 2 amide bonds. The quantitative estimate of drug-likeness (QED) is 0.617. The van der Waals surface area contributed by atoms with Crippen molar-refractivity contribution in [3.05, 3.63) is 35.4 Å². The Labute approximate surface area is 141 Å². The van der Waals surface area contributed by atoms with Gasteiger partial charge in [-0.15, -0.1) is 0 Å². The second kappa shape index (κ2) is 7.36. The van der Waals surface area contributed by atoms with Crippen LogP contribution in [0.15, 0.2) is 24.3 Å². The van der Waals surface area contributed by atoms with Gasteiger partial charge in [-0.05, 0) is 44.3 Å². The van der Waals surface area contributed by atoms with Crippen molar-refractivity contribution in [1.29, 1.82) is 0 Å². The fourth-order valence-electron chi connectivity index (χ4n) is 3.09. The Morgan fingerprint density at radius 1 is 1.43 bits per heavy atom. The molecular formula is C17H24N2O3S. The molecule has 1 saturated heterocycles. The van der Waals surface area contributed by atoms with Gasteiger partial charge in [-0.2, -0.15) is 11.8 Å². The second-order valence-electron chi connectivity index (χ2n) is 6.22. The maximum absolute atomic E-state index is 13.0. The molecular weight excluding hydrogens is 312 g/mol. The standard InChI is InChI=1S/C17H24N2O3S/c1-12-4-6-13(7-5-12)17(2)9-10-19(16(17)21)14(8-11-23-3)15(20)18-22/h4-7,14,22H,8-11H2,1-3H3,(H,18,20)/t14-,17?/m1/s1. The predicted octanol–water partition coefficient (Wildman–Crippen LogP) is 2.11. The lowest BCUT2D eigenvalue weighted by Crippen LogP contribution is -2.49. The highest BCUT2D eigenvalue weighted by Gasteiger charge is 2.47. The van der Waals surface area contributed by atoms with Gasteiger partial charge in [0.05, 0.1) is 5.41 Å². The van der Waals surface area contributed by atoms with Gasteiger partial charge in [0.25, 0.3) is 5.91 Å². The molecule has 2 atom stereocenters. The molecule has 1 fully saturated rings. The third-order valence-electron chi connectivity index (χ3n) is 4.66. The van der Waals surface area contributed by atoms with Gasteiger partial charge in [-0.3, -0.25) is 14.8 Å². The molecule has 0 aromatic heterocycles. The van der Waals surface area contributed by atoms with Gasteiger partial charge < -0.3 is 4.90 Å². The summed E-state index contributed by atoms with van der Waals surface area (Å²) in [5.41, 5.74) is 3.22. The lowest BCUT2D eigenvalue weighted by molar-refractivity contribution is -0.143. The monoisotopic (exact) mass is 336 g/mol. The Hall–Kier alpha value is -1.53. The number of nitrogens with zero attached hydrogens (tertiary/aromatic N) is 1. The summed E-state index contributed by atoms with van der Waals surface area (Å²) < 4.78 is 0. The van der Waals surface area contributed by atoms with Crippen LogP contribution in [0.5, 0.6) is 0 Å². The zero-order valence-corrected chi connectivity index (χ0v) is 14.7. The summed E-state index contributed by atoms with van der Waals surface area (Å²) in [5.74, 6) is 0.194. The lowest BCUT2D eigenvalue weighted by Gasteiger charge is -2.29. The first-order chi connectivity index (χ1) is 10.9. The summed E-state index contributed by atoms with van der Waals surface area (Å²) in [4.78, 5) is 26.6. The summed E-state index contributed by atoms with van der Waals surface area (Å²) in [6.45, 7) is 4.47. The number of hydrogen-bond acceptors (Lipinski definition) is 4. The van der Waals surface area contributed by atoms with Crippen LogP contribution in [-0.2, 0) is 15.0 Å². The highest BCUT2D eigenvalue weighted by Crippen LogP contribution is 2.37. The molecule has 0 bridgehead atoms. The van der Waals surface area contributed by atoms with Gasteiger partial charge in [0.15, 0.2) is 0 Å². The van der Waals surface area contributed by atoms with Crippen LogP contribution in [0, 0.1) is 6.92 Å². The van der Waals surface area contributed by atoms with E-state index in [9.17, 15) is 9.59 Å². The van der Waals surface area contributed by atoms with E-state index in [-0.39, 0.29) is 5.91 Å². The topological polar surface area (TPSA) is 69.6 Å². The van der Waals surface area contributed by atoms with E-state index in [2.05, 4.69) is 0 Å². The van der Waals surface area contributed by atoms with E-state index >= 15 is 0 Å². The molecule has 1 aliphatic rings. The van der Waals surface area contributed by atoms with Gasteiger partial charge in [0.2, 0.25) is 5.91 Å². The number of hydrogen-bond donors (Lipinski definition) is 2. The number of aryl methyl sites for hydroxylation is 1. The molecule has 1 aliphatic heterocycles. The minimum Gasteiger partial charge on any atom is -0.330 e. The number of rotatable bonds is 6. The van der Waals surface area contributed by atoms with E-state index in [1.165, 1.54) is 0 Å². The number of likely N-dealkylation sites (tertiary alicyclic amines) is 1. The van der Waals surface area contributed by atoms with E-state index in [0.717, 1.165) is 16.9 Å². The Bertz CT molecular complexity index is 576. The number of carbonyl (C=O) groups is 2. The minimum absolute atomic E-state index is 0.0453. The smallest absolute Gasteiger partial charge is 0.266 e. The van der Waals surface area contributed by atoms with Crippen LogP contribution in [0.4, 0.5) is 0 Å². The van der Waals surface area contributed by atoms with E-state index < -0.39 is 17.4 Å². The lowest BCUT2D eigenvalue weighted by atomic mass is 9.81. The molecule has 1 heterocycles. The number of carbonyl (C=O) groups excluding carboxylic acids is 2. The third kappa shape index (κ3) is 3.53. The van der Waals surface area contributed by atoms with Crippen LogP contribution in [0.25, 0.3) is 0 Å². The molecule has 2 rings (SSSR count). The van der Waals surface area contributed by atoms with Crippen molar-refractivity contribution in [1.82, 2.24) is 10.4 Å². The Morgan fingerprint density at radius 2 is 2.09 bits per heavy atom. The zero-order valence-electron chi connectivity index (χ0n) is 13.8. The molecule has 2 N–H and O–H groups in total. The Kier molecular flexibility index (Phi) is 5.70. The average molecular weight is 336 g/mol.